The maximum absolute atomic E-state index is 13.1. The van der Waals surface area contributed by atoms with E-state index < -0.39 is 11.7 Å². The minimum absolute atomic E-state index is 0.264. The first-order valence-corrected chi connectivity index (χ1v) is 11.7. The third-order valence-corrected chi connectivity index (χ3v) is 6.95. The van der Waals surface area contributed by atoms with Gasteiger partial charge < -0.3 is 9.80 Å². The van der Waals surface area contributed by atoms with E-state index in [0.29, 0.717) is 12.1 Å². The Balaban J connectivity index is 1.19. The molecule has 2 aromatic carbocycles. The van der Waals surface area contributed by atoms with Gasteiger partial charge >= 0.3 is 6.18 Å². The highest BCUT2D eigenvalue weighted by Crippen LogP contribution is 2.36. The number of alkyl halides is 3. The zero-order valence-electron chi connectivity index (χ0n) is 19.3. The molecule has 8 heteroatoms. The average molecular weight is 476 g/mol. The zero-order valence-corrected chi connectivity index (χ0v) is 19.3. The van der Waals surface area contributed by atoms with Crippen molar-refractivity contribution in [3.63, 3.8) is 0 Å². The van der Waals surface area contributed by atoms with Crippen molar-refractivity contribution in [1.82, 2.24) is 9.88 Å². The highest BCUT2D eigenvalue weighted by molar-refractivity contribution is 6.09. The van der Waals surface area contributed by atoms with E-state index in [0.717, 1.165) is 72.9 Å². The van der Waals surface area contributed by atoms with Crippen molar-refractivity contribution < 1.29 is 13.2 Å². The normalized spacial score (nSPS) is 17.8. The number of pyridine rings is 1. The van der Waals surface area contributed by atoms with Gasteiger partial charge in [0.25, 0.3) is 0 Å². The largest absolute Gasteiger partial charge is 0.416 e. The Bertz CT molecular complexity index is 1370. The minimum Gasteiger partial charge on any atom is -0.369 e. The summed E-state index contributed by atoms with van der Waals surface area (Å²) in [5.41, 5.74) is 7.36. The van der Waals surface area contributed by atoms with Crippen LogP contribution in [-0.2, 0) is 19.0 Å². The number of rotatable bonds is 3. The van der Waals surface area contributed by atoms with Crippen LogP contribution in [0.25, 0.3) is 0 Å². The second-order valence-electron chi connectivity index (χ2n) is 9.34. The van der Waals surface area contributed by atoms with Crippen LogP contribution in [0.1, 0.15) is 27.9 Å². The van der Waals surface area contributed by atoms with Gasteiger partial charge in [-0.15, -0.1) is 0 Å². The van der Waals surface area contributed by atoms with Crippen LogP contribution in [0, 0.1) is 0 Å². The molecule has 1 aromatic heterocycles. The fraction of sp³-hybridized carbons (Fsp3) is 0.296. The molecule has 35 heavy (non-hydrogen) atoms. The number of fused-ring (bicyclic) bond motifs is 2. The van der Waals surface area contributed by atoms with Crippen LogP contribution in [0.4, 0.5) is 30.2 Å². The number of anilines is 1. The molecule has 5 nitrogen and oxygen atoms in total. The van der Waals surface area contributed by atoms with Crippen LogP contribution in [0.5, 0.6) is 0 Å². The lowest BCUT2D eigenvalue weighted by molar-refractivity contribution is -0.137. The van der Waals surface area contributed by atoms with Crippen LogP contribution in [-0.4, -0.2) is 54.5 Å². The fourth-order valence-corrected chi connectivity index (χ4v) is 4.91. The lowest BCUT2D eigenvalue weighted by Crippen LogP contribution is -2.44. The van der Waals surface area contributed by atoms with Gasteiger partial charge in [0.05, 0.1) is 34.1 Å². The standard InChI is InChI=1S/C27H24F3N5/c1-34-8-10-35(11-9-34)21-3-5-23-19(13-21)14-24(32-23)17-2-4-22-18(12-17)15-26(33-22)25-16-20(6-7-31-25)27(28,29)30/h2-7,12-13,16H,8-11,14-15H2,1H3. The molecule has 0 saturated carbocycles. The molecule has 1 saturated heterocycles. The molecule has 178 valence electrons. The maximum atomic E-state index is 13.1. The average Bonchev–Trinajstić information content (AvgIpc) is 3.47. The number of hydrogen-bond acceptors (Lipinski definition) is 5. The van der Waals surface area contributed by atoms with E-state index in [2.05, 4.69) is 51.1 Å². The number of likely N-dealkylation sites (N-methyl/N-ethyl adjacent to an activating group) is 1. The van der Waals surface area contributed by atoms with E-state index in [1.165, 1.54) is 17.4 Å². The van der Waals surface area contributed by atoms with Gasteiger partial charge in [-0.1, -0.05) is 6.07 Å². The number of benzene rings is 2. The second-order valence-corrected chi connectivity index (χ2v) is 9.34. The number of aromatic nitrogens is 1. The SMILES string of the molecule is CN1CCN(c2ccc3c(c2)CC(c2ccc4c(c2)CC(c2cc(C(F)(F)F)ccn2)=N4)=N3)CC1. The lowest BCUT2D eigenvalue weighted by Gasteiger charge is -2.34. The molecule has 0 atom stereocenters. The van der Waals surface area contributed by atoms with Crippen LogP contribution < -0.4 is 4.90 Å². The maximum Gasteiger partial charge on any atom is 0.416 e. The molecule has 6 rings (SSSR count). The van der Waals surface area contributed by atoms with E-state index in [4.69, 9.17) is 4.99 Å². The van der Waals surface area contributed by atoms with Crippen LogP contribution >= 0.6 is 0 Å². The molecule has 3 aliphatic rings. The second kappa shape index (κ2) is 8.30. The van der Waals surface area contributed by atoms with E-state index in [1.54, 1.807) is 0 Å². The Morgan fingerprint density at radius 2 is 1.46 bits per heavy atom. The van der Waals surface area contributed by atoms with Crippen LogP contribution in [0.3, 0.4) is 0 Å². The van der Waals surface area contributed by atoms with Crippen molar-refractivity contribution in [2.24, 2.45) is 9.98 Å². The van der Waals surface area contributed by atoms with Crippen molar-refractivity contribution >= 4 is 28.5 Å². The summed E-state index contributed by atoms with van der Waals surface area (Å²) < 4.78 is 39.4. The molecule has 0 bridgehead atoms. The third-order valence-electron chi connectivity index (χ3n) is 6.95. The first-order chi connectivity index (χ1) is 16.8. The lowest BCUT2D eigenvalue weighted by atomic mass is 9.99. The van der Waals surface area contributed by atoms with Gasteiger partial charge in [-0.2, -0.15) is 13.2 Å². The quantitative estimate of drug-likeness (QED) is 0.523. The first-order valence-electron chi connectivity index (χ1n) is 11.7. The molecule has 1 fully saturated rings. The van der Waals surface area contributed by atoms with Gasteiger partial charge in [-0.25, -0.2) is 0 Å². The van der Waals surface area contributed by atoms with Gasteiger partial charge in [0.1, 0.15) is 0 Å². The predicted molar refractivity (Wildman–Crippen MR) is 132 cm³/mol. The fourth-order valence-electron chi connectivity index (χ4n) is 4.91. The van der Waals surface area contributed by atoms with Crippen LogP contribution in [0.15, 0.2) is 64.7 Å². The number of nitrogens with zero attached hydrogens (tertiary/aromatic N) is 5. The Morgan fingerprint density at radius 3 is 2.23 bits per heavy atom. The first kappa shape index (κ1) is 22.0. The molecule has 0 N–H and O–H groups in total. The molecule has 3 aliphatic heterocycles. The molecule has 0 amide bonds. The summed E-state index contributed by atoms with van der Waals surface area (Å²) in [6.45, 7) is 4.18. The minimum atomic E-state index is -4.41. The Hall–Kier alpha value is -3.52. The highest BCUT2D eigenvalue weighted by Gasteiger charge is 2.31. The van der Waals surface area contributed by atoms with E-state index >= 15 is 0 Å². The monoisotopic (exact) mass is 475 g/mol. The highest BCUT2D eigenvalue weighted by atomic mass is 19.4. The zero-order chi connectivity index (χ0) is 24.2. The molecule has 0 radical (unpaired) electrons. The summed E-state index contributed by atoms with van der Waals surface area (Å²) in [5, 5.41) is 0. The predicted octanol–water partition coefficient (Wildman–Crippen LogP) is 5.21. The van der Waals surface area contributed by atoms with Crippen molar-refractivity contribution in [3.8, 4) is 0 Å². The van der Waals surface area contributed by atoms with E-state index in [-0.39, 0.29) is 5.69 Å². The number of piperazine rings is 1. The van der Waals surface area contributed by atoms with Gasteiger partial charge in [0, 0.05) is 50.9 Å². The molecule has 0 aliphatic carbocycles. The number of aliphatic imine (C=N–C) groups is 2. The Morgan fingerprint density at radius 1 is 0.771 bits per heavy atom. The molecule has 3 aromatic rings. The molecular formula is C27H24F3N5. The van der Waals surface area contributed by atoms with Gasteiger partial charge in [0.2, 0.25) is 0 Å². The van der Waals surface area contributed by atoms with E-state index in [1.807, 2.05) is 12.1 Å². The topological polar surface area (TPSA) is 44.1 Å². The van der Waals surface area contributed by atoms with Crippen LogP contribution in [0.2, 0.25) is 0 Å². The third kappa shape index (κ3) is 4.23. The Labute approximate surface area is 201 Å². The molecule has 0 unspecified atom stereocenters. The molecule has 4 heterocycles. The van der Waals surface area contributed by atoms with Crippen molar-refractivity contribution in [2.75, 3.05) is 38.1 Å². The Kier molecular flexibility index (Phi) is 5.21. The van der Waals surface area contributed by atoms with Crippen molar-refractivity contribution in [2.45, 2.75) is 19.0 Å². The van der Waals surface area contributed by atoms with Gasteiger partial charge in [-0.3, -0.25) is 15.0 Å². The summed E-state index contributed by atoms with van der Waals surface area (Å²) in [6, 6.07) is 14.5. The van der Waals surface area contributed by atoms with Gasteiger partial charge in [0.15, 0.2) is 0 Å². The summed E-state index contributed by atoms with van der Waals surface area (Å²) in [5.74, 6) is 0. The van der Waals surface area contributed by atoms with Crippen molar-refractivity contribution in [3.05, 3.63) is 82.7 Å². The van der Waals surface area contributed by atoms with E-state index in [9.17, 15) is 13.2 Å². The number of hydrogen-bond donors (Lipinski definition) is 0. The summed E-state index contributed by atoms with van der Waals surface area (Å²) in [6.07, 6.45) is -2.00. The summed E-state index contributed by atoms with van der Waals surface area (Å²) >= 11 is 0. The summed E-state index contributed by atoms with van der Waals surface area (Å²) in [4.78, 5) is 18.3. The molecule has 0 spiro atoms. The van der Waals surface area contributed by atoms with Gasteiger partial charge in [-0.05, 0) is 66.2 Å². The number of halogens is 3. The summed E-state index contributed by atoms with van der Waals surface area (Å²) in [7, 11) is 2.15. The molecular weight excluding hydrogens is 451 g/mol. The smallest absolute Gasteiger partial charge is 0.369 e. The van der Waals surface area contributed by atoms with Crippen molar-refractivity contribution in [1.29, 1.82) is 0 Å².